The average Bonchev–Trinajstić information content (AvgIpc) is 2.95. The van der Waals surface area contributed by atoms with Crippen molar-refractivity contribution in [3.05, 3.63) is 17.8 Å². The summed E-state index contributed by atoms with van der Waals surface area (Å²) in [5, 5.41) is 11.1. The van der Waals surface area contributed by atoms with E-state index in [0.717, 1.165) is 18.9 Å². The molecule has 0 radical (unpaired) electrons. The largest absolute Gasteiger partial charge is 0.353 e. The summed E-state index contributed by atoms with van der Waals surface area (Å²) in [5.74, 6) is 1.09. The predicted molar refractivity (Wildman–Crippen MR) is 72.3 cm³/mol. The minimum absolute atomic E-state index is 0.137. The van der Waals surface area contributed by atoms with Gasteiger partial charge < -0.3 is 15.1 Å². The molecule has 0 spiro atoms. The molecule has 2 atom stereocenters. The number of carbonyl (C=O) groups excluding carboxylic acids is 2. The van der Waals surface area contributed by atoms with E-state index in [4.69, 9.17) is 0 Å². The fraction of sp³-hybridized carbons (Fsp3) is 0.538. The van der Waals surface area contributed by atoms with Crippen LogP contribution in [-0.4, -0.2) is 60.1 Å². The summed E-state index contributed by atoms with van der Waals surface area (Å²) < 4.78 is 0. The first-order valence-electron chi connectivity index (χ1n) is 6.64. The molecule has 2 aliphatic rings. The number of nitrogens with zero attached hydrogens (tertiary/aromatic N) is 4. The van der Waals surface area contributed by atoms with Crippen molar-refractivity contribution in [2.24, 2.45) is 5.92 Å². The number of aromatic nitrogens is 2. The smallest absolute Gasteiger partial charge is 0.273 e. The molecule has 2 fully saturated rings. The van der Waals surface area contributed by atoms with Crippen LogP contribution >= 0.6 is 0 Å². The highest BCUT2D eigenvalue weighted by atomic mass is 16.2. The number of hydrogen-bond acceptors (Lipinski definition) is 5. The summed E-state index contributed by atoms with van der Waals surface area (Å²) in [6.45, 7) is 1.56. The number of anilines is 1. The lowest BCUT2D eigenvalue weighted by Gasteiger charge is -2.18. The molecule has 0 aromatic carbocycles. The molecule has 106 valence electrons. The first-order chi connectivity index (χ1) is 9.54. The average molecular weight is 275 g/mol. The van der Waals surface area contributed by atoms with Gasteiger partial charge in [-0.15, -0.1) is 10.2 Å². The summed E-state index contributed by atoms with van der Waals surface area (Å²) in [4.78, 5) is 26.6. The molecule has 0 unspecified atom stereocenters. The van der Waals surface area contributed by atoms with Crippen molar-refractivity contribution in [3.8, 4) is 0 Å². The molecule has 0 bridgehead atoms. The van der Waals surface area contributed by atoms with Gasteiger partial charge in [0.25, 0.3) is 5.91 Å². The molecule has 1 aromatic rings. The Balaban J connectivity index is 1.70. The molecule has 3 rings (SSSR count). The van der Waals surface area contributed by atoms with Crippen molar-refractivity contribution in [1.82, 2.24) is 20.4 Å². The Morgan fingerprint density at radius 2 is 2.15 bits per heavy atom. The lowest BCUT2D eigenvalue weighted by Crippen LogP contribution is -2.33. The third-order valence-corrected chi connectivity index (χ3v) is 3.83. The zero-order chi connectivity index (χ0) is 14.3. The Kier molecular flexibility index (Phi) is 3.04. The number of amides is 2. The van der Waals surface area contributed by atoms with E-state index in [1.807, 2.05) is 6.07 Å². The number of fused-ring (bicyclic) bond motifs is 1. The topological polar surface area (TPSA) is 78.4 Å². The van der Waals surface area contributed by atoms with Crippen LogP contribution < -0.4 is 10.2 Å². The molecule has 7 nitrogen and oxygen atoms in total. The number of hydrogen-bond donors (Lipinski definition) is 1. The van der Waals surface area contributed by atoms with Gasteiger partial charge in [-0.1, -0.05) is 0 Å². The second kappa shape index (κ2) is 4.73. The molecule has 2 amide bonds. The van der Waals surface area contributed by atoms with Gasteiger partial charge >= 0.3 is 0 Å². The van der Waals surface area contributed by atoms with Gasteiger partial charge in [-0.25, -0.2) is 0 Å². The highest BCUT2D eigenvalue weighted by Crippen LogP contribution is 2.28. The lowest BCUT2D eigenvalue weighted by atomic mass is 10.1. The third kappa shape index (κ3) is 2.19. The van der Waals surface area contributed by atoms with Gasteiger partial charge in [0.15, 0.2) is 11.5 Å². The van der Waals surface area contributed by atoms with Crippen molar-refractivity contribution < 1.29 is 9.59 Å². The molecule has 3 heterocycles. The molecule has 2 aliphatic heterocycles. The minimum Gasteiger partial charge on any atom is -0.353 e. The number of carbonyl (C=O) groups is 2. The van der Waals surface area contributed by atoms with E-state index in [9.17, 15) is 9.59 Å². The van der Waals surface area contributed by atoms with Gasteiger partial charge in [0.05, 0.1) is 6.04 Å². The van der Waals surface area contributed by atoms with E-state index in [1.54, 1.807) is 20.2 Å². The molecule has 2 saturated heterocycles. The van der Waals surface area contributed by atoms with Crippen LogP contribution in [0.3, 0.4) is 0 Å². The van der Waals surface area contributed by atoms with E-state index >= 15 is 0 Å². The Hall–Kier alpha value is -2.18. The van der Waals surface area contributed by atoms with Gasteiger partial charge in [0.1, 0.15) is 0 Å². The number of nitrogens with one attached hydrogen (secondary N) is 1. The first-order valence-corrected chi connectivity index (χ1v) is 6.64. The highest BCUT2D eigenvalue weighted by Gasteiger charge is 2.40. The highest BCUT2D eigenvalue weighted by molar-refractivity contribution is 5.91. The monoisotopic (exact) mass is 275 g/mol. The second-order valence-electron chi connectivity index (χ2n) is 5.52. The number of rotatable bonds is 2. The Morgan fingerprint density at radius 3 is 2.75 bits per heavy atom. The molecule has 1 aromatic heterocycles. The van der Waals surface area contributed by atoms with E-state index in [0.29, 0.717) is 18.0 Å². The molecular weight excluding hydrogens is 258 g/mol. The predicted octanol–water partition coefficient (Wildman–Crippen LogP) is -0.497. The fourth-order valence-corrected chi connectivity index (χ4v) is 2.77. The molecule has 0 aliphatic carbocycles. The maximum atomic E-state index is 11.7. The summed E-state index contributed by atoms with van der Waals surface area (Å²) in [6.07, 6.45) is 0.589. The normalized spacial score (nSPS) is 24.5. The Labute approximate surface area is 117 Å². The summed E-state index contributed by atoms with van der Waals surface area (Å²) in [6, 6.07) is 3.72. The van der Waals surface area contributed by atoms with E-state index < -0.39 is 0 Å². The summed E-state index contributed by atoms with van der Waals surface area (Å²) in [7, 11) is 3.37. The van der Waals surface area contributed by atoms with Crippen molar-refractivity contribution in [3.63, 3.8) is 0 Å². The van der Waals surface area contributed by atoms with Crippen LogP contribution in [0.5, 0.6) is 0 Å². The maximum Gasteiger partial charge on any atom is 0.273 e. The van der Waals surface area contributed by atoms with Crippen molar-refractivity contribution >= 4 is 17.6 Å². The van der Waals surface area contributed by atoms with Crippen LogP contribution in [0.1, 0.15) is 16.9 Å². The van der Waals surface area contributed by atoms with E-state index in [-0.39, 0.29) is 17.9 Å². The molecule has 20 heavy (non-hydrogen) atoms. The van der Waals surface area contributed by atoms with Crippen LogP contribution in [0.2, 0.25) is 0 Å². The third-order valence-electron chi connectivity index (χ3n) is 3.83. The van der Waals surface area contributed by atoms with Gasteiger partial charge in [-0.05, 0) is 12.1 Å². The first kappa shape index (κ1) is 12.8. The van der Waals surface area contributed by atoms with Crippen LogP contribution in [-0.2, 0) is 4.79 Å². The zero-order valence-electron chi connectivity index (χ0n) is 11.5. The van der Waals surface area contributed by atoms with E-state index in [2.05, 4.69) is 20.4 Å². The van der Waals surface area contributed by atoms with Gasteiger partial charge in [0.2, 0.25) is 5.91 Å². The van der Waals surface area contributed by atoms with Gasteiger partial charge in [-0.3, -0.25) is 9.59 Å². The summed E-state index contributed by atoms with van der Waals surface area (Å²) >= 11 is 0. The molecule has 7 heteroatoms. The van der Waals surface area contributed by atoms with Gasteiger partial charge in [-0.2, -0.15) is 0 Å². The standard InChI is InChI=1S/C13H17N5O2/c1-17(2)13(20)9-3-4-11(16-15-9)18-6-8-5-12(19)14-10(8)7-18/h3-4,8,10H,5-7H2,1-2H3,(H,14,19)/t8-,10+/m0/s1. The molecule has 1 N–H and O–H groups in total. The second-order valence-corrected chi connectivity index (χ2v) is 5.52. The van der Waals surface area contributed by atoms with E-state index in [1.165, 1.54) is 4.90 Å². The minimum atomic E-state index is -0.158. The fourth-order valence-electron chi connectivity index (χ4n) is 2.77. The zero-order valence-corrected chi connectivity index (χ0v) is 11.5. The quantitative estimate of drug-likeness (QED) is 0.787. The van der Waals surface area contributed by atoms with Crippen LogP contribution in [0.4, 0.5) is 5.82 Å². The summed E-state index contributed by atoms with van der Waals surface area (Å²) in [5.41, 5.74) is 0.339. The van der Waals surface area contributed by atoms with Crippen LogP contribution in [0.15, 0.2) is 12.1 Å². The van der Waals surface area contributed by atoms with Crippen molar-refractivity contribution in [1.29, 1.82) is 0 Å². The molecule has 0 saturated carbocycles. The Morgan fingerprint density at radius 1 is 1.35 bits per heavy atom. The van der Waals surface area contributed by atoms with Crippen LogP contribution in [0.25, 0.3) is 0 Å². The van der Waals surface area contributed by atoms with Crippen molar-refractivity contribution in [2.75, 3.05) is 32.1 Å². The van der Waals surface area contributed by atoms with Crippen LogP contribution in [0, 0.1) is 5.92 Å². The SMILES string of the molecule is CN(C)C(=O)c1ccc(N2C[C@@H]3CC(=O)N[C@@H]3C2)nn1. The van der Waals surface area contributed by atoms with Gasteiger partial charge in [0, 0.05) is 39.5 Å². The van der Waals surface area contributed by atoms with Crippen molar-refractivity contribution in [2.45, 2.75) is 12.5 Å². The lowest BCUT2D eigenvalue weighted by molar-refractivity contribution is -0.119. The Bertz CT molecular complexity index is 526. The maximum absolute atomic E-state index is 11.7. The molecular formula is C13H17N5O2.